The minimum absolute atomic E-state index is 0.0869. The summed E-state index contributed by atoms with van der Waals surface area (Å²) in [5.41, 5.74) is 0.667. The molecule has 1 unspecified atom stereocenters. The molecule has 2 aliphatic rings. The minimum atomic E-state index is -0.500. The summed E-state index contributed by atoms with van der Waals surface area (Å²) in [6.07, 6.45) is 2.07. The monoisotopic (exact) mass is 342 g/mol. The van der Waals surface area contributed by atoms with Crippen LogP contribution in [-0.4, -0.2) is 28.8 Å². The summed E-state index contributed by atoms with van der Waals surface area (Å²) in [6, 6.07) is 5.00. The van der Waals surface area contributed by atoms with Crippen molar-refractivity contribution < 1.29 is 9.59 Å². The third kappa shape index (κ3) is 2.49. The van der Waals surface area contributed by atoms with Gasteiger partial charge < -0.3 is 5.32 Å². The molecule has 4 nitrogen and oxygen atoms in total. The summed E-state index contributed by atoms with van der Waals surface area (Å²) >= 11 is 9.43. The lowest BCUT2D eigenvalue weighted by Gasteiger charge is -2.16. The van der Waals surface area contributed by atoms with Gasteiger partial charge >= 0.3 is 0 Å². The zero-order chi connectivity index (χ0) is 13.6. The fourth-order valence-corrected chi connectivity index (χ4v) is 2.81. The van der Waals surface area contributed by atoms with Crippen LogP contribution in [0.4, 0.5) is 5.69 Å². The first-order chi connectivity index (χ1) is 9.06. The fourth-order valence-electron chi connectivity index (χ4n) is 2.28. The number of rotatable bonds is 3. The predicted octanol–water partition coefficient (Wildman–Crippen LogP) is 2.80. The average Bonchev–Trinajstić information content (AvgIpc) is 3.13. The smallest absolute Gasteiger partial charge is 0.252 e. The maximum atomic E-state index is 12.2. The van der Waals surface area contributed by atoms with Crippen LogP contribution in [0.2, 0.25) is 5.02 Å². The highest BCUT2D eigenvalue weighted by Crippen LogP contribution is 2.33. The van der Waals surface area contributed by atoms with Gasteiger partial charge in [-0.2, -0.15) is 0 Å². The van der Waals surface area contributed by atoms with Gasteiger partial charge in [-0.05, 0) is 31.0 Å². The lowest BCUT2D eigenvalue weighted by Crippen LogP contribution is -2.36. The summed E-state index contributed by atoms with van der Waals surface area (Å²) in [6.45, 7) is 0. The molecule has 6 heteroatoms. The topological polar surface area (TPSA) is 49.4 Å². The first-order valence-electron chi connectivity index (χ1n) is 6.14. The van der Waals surface area contributed by atoms with Gasteiger partial charge in [-0.15, -0.1) is 0 Å². The van der Waals surface area contributed by atoms with Crippen molar-refractivity contribution in [3.63, 3.8) is 0 Å². The Hall–Kier alpha value is -1.07. The van der Waals surface area contributed by atoms with Gasteiger partial charge in [-0.1, -0.05) is 27.5 Å². The van der Waals surface area contributed by atoms with Crippen LogP contribution in [0, 0.1) is 0 Å². The van der Waals surface area contributed by atoms with Crippen LogP contribution >= 0.6 is 27.5 Å². The van der Waals surface area contributed by atoms with Gasteiger partial charge in [-0.3, -0.25) is 14.5 Å². The first-order valence-corrected chi connectivity index (χ1v) is 7.31. The Balaban J connectivity index is 1.78. The molecule has 0 spiro atoms. The fraction of sp³-hybridized carbons (Fsp3) is 0.385. The van der Waals surface area contributed by atoms with E-state index in [0.29, 0.717) is 10.7 Å². The van der Waals surface area contributed by atoms with Gasteiger partial charge in [0.15, 0.2) is 0 Å². The van der Waals surface area contributed by atoms with E-state index in [1.807, 2.05) is 6.07 Å². The molecule has 1 heterocycles. The Labute approximate surface area is 124 Å². The first kappa shape index (κ1) is 12.9. The number of anilines is 1. The minimum Gasteiger partial charge on any atom is -0.372 e. The highest BCUT2D eigenvalue weighted by Gasteiger charge is 2.46. The molecule has 1 atom stereocenters. The molecular weight excluding hydrogens is 332 g/mol. The van der Waals surface area contributed by atoms with Crippen LogP contribution in [0.15, 0.2) is 22.7 Å². The van der Waals surface area contributed by atoms with E-state index in [1.54, 1.807) is 12.1 Å². The van der Waals surface area contributed by atoms with Crippen molar-refractivity contribution in [1.82, 2.24) is 4.90 Å². The van der Waals surface area contributed by atoms with Crippen molar-refractivity contribution in [2.24, 2.45) is 0 Å². The number of nitrogens with one attached hydrogen (secondary N) is 1. The van der Waals surface area contributed by atoms with Gasteiger partial charge in [0.05, 0.1) is 17.1 Å². The number of amides is 2. The summed E-state index contributed by atoms with van der Waals surface area (Å²) in [4.78, 5) is 25.4. The molecule has 1 aliphatic carbocycles. The van der Waals surface area contributed by atoms with Crippen molar-refractivity contribution in [2.75, 3.05) is 5.32 Å². The second-order valence-electron chi connectivity index (χ2n) is 4.86. The van der Waals surface area contributed by atoms with E-state index in [2.05, 4.69) is 21.2 Å². The van der Waals surface area contributed by atoms with E-state index in [-0.39, 0.29) is 24.3 Å². The number of likely N-dealkylation sites (tertiary alicyclic amines) is 1. The van der Waals surface area contributed by atoms with Gasteiger partial charge in [-0.25, -0.2) is 0 Å². The summed E-state index contributed by atoms with van der Waals surface area (Å²) in [7, 11) is 0. The Morgan fingerprint density at radius 2 is 2.05 bits per heavy atom. The SMILES string of the molecule is O=C1CC(Nc2cc(Br)ccc2Cl)C(=O)N1C1CC1. The number of carbonyl (C=O) groups excluding carboxylic acids is 2. The molecule has 0 bridgehead atoms. The van der Waals surface area contributed by atoms with Crippen LogP contribution in [-0.2, 0) is 9.59 Å². The van der Waals surface area contributed by atoms with Crippen molar-refractivity contribution in [1.29, 1.82) is 0 Å². The molecule has 19 heavy (non-hydrogen) atoms. The average molecular weight is 344 g/mol. The van der Waals surface area contributed by atoms with E-state index >= 15 is 0 Å². The van der Waals surface area contributed by atoms with E-state index in [4.69, 9.17) is 11.6 Å². The van der Waals surface area contributed by atoms with Gasteiger partial charge in [0.2, 0.25) is 5.91 Å². The number of imide groups is 1. The van der Waals surface area contributed by atoms with Crippen molar-refractivity contribution in [2.45, 2.75) is 31.3 Å². The Bertz CT molecular complexity index is 560. The van der Waals surface area contributed by atoms with Crippen LogP contribution in [0.1, 0.15) is 19.3 Å². The summed E-state index contributed by atoms with van der Waals surface area (Å²) in [5.74, 6) is -0.223. The molecule has 1 N–H and O–H groups in total. The number of nitrogens with zero attached hydrogens (tertiary/aromatic N) is 1. The zero-order valence-electron chi connectivity index (χ0n) is 10.0. The third-order valence-corrected chi connectivity index (χ3v) is 4.18. The second kappa shape index (κ2) is 4.80. The lowest BCUT2D eigenvalue weighted by atomic mass is 10.2. The Kier molecular flexibility index (Phi) is 3.27. The van der Waals surface area contributed by atoms with E-state index in [9.17, 15) is 9.59 Å². The maximum absolute atomic E-state index is 12.2. The summed E-state index contributed by atoms with van der Waals surface area (Å²) in [5, 5.41) is 3.60. The second-order valence-corrected chi connectivity index (χ2v) is 6.18. The molecule has 1 saturated heterocycles. The standard InChI is InChI=1S/C13H12BrClN2O2/c14-7-1-4-9(15)10(5-7)16-11-6-12(18)17(13(11)19)8-2-3-8/h1,4-5,8,11,16H,2-3,6H2. The number of benzene rings is 1. The van der Waals surface area contributed by atoms with Gasteiger partial charge in [0.25, 0.3) is 5.91 Å². The molecule has 1 saturated carbocycles. The molecular formula is C13H12BrClN2O2. The molecule has 0 aromatic heterocycles. The number of hydrogen-bond acceptors (Lipinski definition) is 3. The molecule has 1 aromatic carbocycles. The number of carbonyl (C=O) groups is 2. The van der Waals surface area contributed by atoms with Crippen LogP contribution in [0.25, 0.3) is 0 Å². The van der Waals surface area contributed by atoms with E-state index in [0.717, 1.165) is 17.3 Å². The molecule has 0 radical (unpaired) electrons. The van der Waals surface area contributed by atoms with E-state index in [1.165, 1.54) is 4.90 Å². The molecule has 100 valence electrons. The zero-order valence-corrected chi connectivity index (χ0v) is 12.4. The third-order valence-electron chi connectivity index (χ3n) is 3.35. The molecule has 2 amide bonds. The van der Waals surface area contributed by atoms with E-state index < -0.39 is 6.04 Å². The highest BCUT2D eigenvalue weighted by atomic mass is 79.9. The molecule has 1 aliphatic heterocycles. The van der Waals surface area contributed by atoms with Crippen LogP contribution < -0.4 is 5.32 Å². The van der Waals surface area contributed by atoms with Gasteiger partial charge in [0.1, 0.15) is 6.04 Å². The summed E-state index contributed by atoms with van der Waals surface area (Å²) < 4.78 is 0.871. The van der Waals surface area contributed by atoms with Crippen molar-refractivity contribution in [3.05, 3.63) is 27.7 Å². The highest BCUT2D eigenvalue weighted by molar-refractivity contribution is 9.10. The van der Waals surface area contributed by atoms with Crippen LogP contribution in [0.3, 0.4) is 0 Å². The van der Waals surface area contributed by atoms with Gasteiger partial charge in [0, 0.05) is 10.5 Å². The quantitative estimate of drug-likeness (QED) is 0.859. The van der Waals surface area contributed by atoms with Crippen molar-refractivity contribution >= 4 is 45.0 Å². The number of hydrogen-bond donors (Lipinski definition) is 1. The number of halogens is 2. The van der Waals surface area contributed by atoms with Crippen molar-refractivity contribution in [3.8, 4) is 0 Å². The normalized spacial score (nSPS) is 23.1. The lowest BCUT2D eigenvalue weighted by molar-refractivity contribution is -0.139. The molecule has 2 fully saturated rings. The largest absolute Gasteiger partial charge is 0.372 e. The maximum Gasteiger partial charge on any atom is 0.252 e. The molecule has 3 rings (SSSR count). The predicted molar refractivity (Wildman–Crippen MR) is 76.1 cm³/mol. The molecule has 1 aromatic rings. The Morgan fingerprint density at radius 1 is 1.32 bits per heavy atom. The Morgan fingerprint density at radius 3 is 2.74 bits per heavy atom. The van der Waals surface area contributed by atoms with Crippen LogP contribution in [0.5, 0.6) is 0 Å².